The van der Waals surface area contributed by atoms with Gasteiger partial charge in [0.05, 0.1) is 6.04 Å². The molecule has 1 rings (SSSR count). The number of halogens is 3. The molecule has 0 amide bonds. The SMILES string of the molecule is CC1=CC(C(C)(O[Si](C)(C)C)C(F)(F)F)NC=C1. The Morgan fingerprint density at radius 2 is 1.83 bits per heavy atom. The van der Waals surface area contributed by atoms with E-state index in [2.05, 4.69) is 5.32 Å². The van der Waals surface area contributed by atoms with Crippen molar-refractivity contribution in [2.75, 3.05) is 0 Å². The third kappa shape index (κ3) is 3.38. The lowest BCUT2D eigenvalue weighted by Crippen LogP contribution is -2.61. The summed E-state index contributed by atoms with van der Waals surface area (Å²) < 4.78 is 45.5. The van der Waals surface area contributed by atoms with Crippen molar-refractivity contribution in [3.8, 4) is 0 Å². The van der Waals surface area contributed by atoms with E-state index in [1.54, 1.807) is 38.7 Å². The van der Waals surface area contributed by atoms with E-state index >= 15 is 0 Å². The molecule has 2 unspecified atom stereocenters. The van der Waals surface area contributed by atoms with Crippen LogP contribution in [-0.4, -0.2) is 26.1 Å². The van der Waals surface area contributed by atoms with Crippen LogP contribution in [0.25, 0.3) is 0 Å². The van der Waals surface area contributed by atoms with E-state index in [0.717, 1.165) is 12.5 Å². The van der Waals surface area contributed by atoms with E-state index in [0.29, 0.717) is 0 Å². The Balaban J connectivity index is 3.10. The van der Waals surface area contributed by atoms with E-state index < -0.39 is 26.1 Å². The second kappa shape index (κ2) is 4.73. The van der Waals surface area contributed by atoms with Crippen molar-refractivity contribution in [3.63, 3.8) is 0 Å². The molecule has 0 aliphatic carbocycles. The normalized spacial score (nSPS) is 24.2. The van der Waals surface area contributed by atoms with Crippen molar-refractivity contribution >= 4 is 8.32 Å². The molecule has 0 spiro atoms. The van der Waals surface area contributed by atoms with Gasteiger partial charge in [0, 0.05) is 0 Å². The number of hydrogen-bond acceptors (Lipinski definition) is 2. The topological polar surface area (TPSA) is 21.3 Å². The maximum Gasteiger partial charge on any atom is 0.418 e. The van der Waals surface area contributed by atoms with Crippen molar-refractivity contribution in [3.05, 3.63) is 23.9 Å². The van der Waals surface area contributed by atoms with Gasteiger partial charge in [0.15, 0.2) is 13.9 Å². The summed E-state index contributed by atoms with van der Waals surface area (Å²) in [6, 6.07) is -0.894. The summed E-state index contributed by atoms with van der Waals surface area (Å²) in [6.07, 6.45) is 0.417. The molecule has 0 aromatic heterocycles. The molecular weight excluding hydrogens is 259 g/mol. The molecule has 0 aromatic carbocycles. The average Bonchev–Trinajstić information content (AvgIpc) is 2.13. The summed E-state index contributed by atoms with van der Waals surface area (Å²) in [5.74, 6) is 0. The molecule has 0 saturated heterocycles. The Morgan fingerprint density at radius 3 is 2.22 bits per heavy atom. The van der Waals surface area contributed by atoms with Crippen molar-refractivity contribution in [2.45, 2.75) is 51.3 Å². The van der Waals surface area contributed by atoms with Crippen molar-refractivity contribution in [2.24, 2.45) is 0 Å². The van der Waals surface area contributed by atoms with Crippen molar-refractivity contribution < 1.29 is 17.6 Å². The van der Waals surface area contributed by atoms with E-state index in [9.17, 15) is 13.2 Å². The zero-order valence-corrected chi connectivity index (χ0v) is 12.4. The molecule has 6 heteroatoms. The minimum Gasteiger partial charge on any atom is -0.402 e. The summed E-state index contributed by atoms with van der Waals surface area (Å²) in [6.45, 7) is 8.16. The average molecular weight is 279 g/mol. The number of nitrogens with one attached hydrogen (secondary N) is 1. The number of alkyl halides is 3. The molecule has 2 nitrogen and oxygen atoms in total. The number of allylic oxidation sites excluding steroid dienone is 2. The van der Waals surface area contributed by atoms with Gasteiger partial charge < -0.3 is 9.74 Å². The predicted octanol–water partition coefficient (Wildman–Crippen LogP) is 3.59. The van der Waals surface area contributed by atoms with E-state index in [1.807, 2.05) is 0 Å². The third-order valence-electron chi connectivity index (χ3n) is 2.73. The summed E-state index contributed by atoms with van der Waals surface area (Å²) >= 11 is 0. The fourth-order valence-electron chi connectivity index (χ4n) is 1.90. The van der Waals surface area contributed by atoms with Gasteiger partial charge in [-0.2, -0.15) is 13.2 Å². The Bertz CT molecular complexity index is 370. The highest BCUT2D eigenvalue weighted by atomic mass is 28.4. The van der Waals surface area contributed by atoms with Gasteiger partial charge in [0.1, 0.15) is 0 Å². The van der Waals surface area contributed by atoms with Crippen LogP contribution in [0.3, 0.4) is 0 Å². The van der Waals surface area contributed by atoms with Crippen LogP contribution in [0.2, 0.25) is 19.6 Å². The van der Waals surface area contributed by atoms with Gasteiger partial charge in [0.2, 0.25) is 0 Å². The highest BCUT2D eigenvalue weighted by Crippen LogP contribution is 2.39. The molecule has 0 bridgehead atoms. The predicted molar refractivity (Wildman–Crippen MR) is 68.7 cm³/mol. The van der Waals surface area contributed by atoms with Crippen molar-refractivity contribution in [1.82, 2.24) is 5.32 Å². The van der Waals surface area contributed by atoms with Crippen LogP contribution in [0.15, 0.2) is 23.9 Å². The monoisotopic (exact) mass is 279 g/mol. The second-order valence-corrected chi connectivity index (χ2v) is 10.1. The third-order valence-corrected chi connectivity index (χ3v) is 3.76. The van der Waals surface area contributed by atoms with Crippen LogP contribution in [-0.2, 0) is 4.43 Å². The molecule has 0 radical (unpaired) electrons. The first kappa shape index (κ1) is 15.3. The largest absolute Gasteiger partial charge is 0.418 e. The molecule has 0 saturated carbocycles. The van der Waals surface area contributed by atoms with Crippen LogP contribution < -0.4 is 5.32 Å². The standard InChI is InChI=1S/C12H20F3NOSi/c1-9-6-7-16-10(8-9)11(2,12(13,14)15)17-18(3,4)5/h6-8,10,16H,1-5H3. The molecule has 0 aromatic rings. The minimum atomic E-state index is -4.42. The Hall–Kier alpha value is -0.753. The molecule has 104 valence electrons. The van der Waals surface area contributed by atoms with E-state index in [1.165, 1.54) is 6.20 Å². The molecule has 18 heavy (non-hydrogen) atoms. The zero-order valence-electron chi connectivity index (χ0n) is 11.4. The summed E-state index contributed by atoms with van der Waals surface area (Å²) in [5.41, 5.74) is -1.41. The Labute approximate surface area is 107 Å². The van der Waals surface area contributed by atoms with Crippen LogP contribution in [0.1, 0.15) is 13.8 Å². The van der Waals surface area contributed by atoms with Crippen molar-refractivity contribution in [1.29, 1.82) is 0 Å². The smallest absolute Gasteiger partial charge is 0.402 e. The van der Waals surface area contributed by atoms with E-state index in [-0.39, 0.29) is 0 Å². The molecule has 0 fully saturated rings. The Morgan fingerprint density at radius 1 is 1.28 bits per heavy atom. The van der Waals surface area contributed by atoms with E-state index in [4.69, 9.17) is 4.43 Å². The van der Waals surface area contributed by atoms with Gasteiger partial charge in [-0.1, -0.05) is 11.6 Å². The lowest BCUT2D eigenvalue weighted by Gasteiger charge is -2.42. The number of dihydropyridines is 1. The maximum absolute atomic E-state index is 13.4. The minimum absolute atomic E-state index is 0.799. The molecule has 1 aliphatic rings. The number of hydrogen-bond donors (Lipinski definition) is 1. The fourth-order valence-corrected chi connectivity index (χ4v) is 3.42. The van der Waals surface area contributed by atoms with Crippen LogP contribution in [0.4, 0.5) is 13.2 Å². The zero-order chi connectivity index (χ0) is 14.2. The first-order valence-electron chi connectivity index (χ1n) is 5.84. The highest BCUT2D eigenvalue weighted by Gasteiger charge is 2.58. The first-order chi connectivity index (χ1) is 7.96. The second-order valence-electron chi connectivity index (χ2n) is 5.71. The molecule has 1 heterocycles. The molecule has 1 aliphatic heterocycles. The van der Waals surface area contributed by atoms with Gasteiger partial charge >= 0.3 is 6.18 Å². The first-order valence-corrected chi connectivity index (χ1v) is 9.24. The highest BCUT2D eigenvalue weighted by molar-refractivity contribution is 6.69. The lowest BCUT2D eigenvalue weighted by molar-refractivity contribution is -0.250. The molecule has 2 atom stereocenters. The summed E-state index contributed by atoms with van der Waals surface area (Å²) in [5, 5.41) is 2.74. The summed E-state index contributed by atoms with van der Waals surface area (Å²) in [4.78, 5) is 0. The van der Waals surface area contributed by atoms with Gasteiger partial charge in [-0.3, -0.25) is 0 Å². The van der Waals surface area contributed by atoms with Gasteiger partial charge in [-0.05, 0) is 45.8 Å². The lowest BCUT2D eigenvalue weighted by atomic mass is 9.92. The number of rotatable bonds is 3. The van der Waals surface area contributed by atoms with Crippen LogP contribution in [0.5, 0.6) is 0 Å². The van der Waals surface area contributed by atoms with Crippen LogP contribution in [0, 0.1) is 0 Å². The Kier molecular flexibility index (Phi) is 4.02. The van der Waals surface area contributed by atoms with Gasteiger partial charge in [-0.25, -0.2) is 0 Å². The maximum atomic E-state index is 13.4. The summed E-state index contributed by atoms with van der Waals surface area (Å²) in [7, 11) is -2.32. The molecular formula is C12H20F3NOSi. The fraction of sp³-hybridized carbons (Fsp3) is 0.667. The molecule has 1 N–H and O–H groups in total. The quantitative estimate of drug-likeness (QED) is 0.797. The van der Waals surface area contributed by atoms with Gasteiger partial charge in [-0.15, -0.1) is 0 Å². The van der Waals surface area contributed by atoms with Gasteiger partial charge in [0.25, 0.3) is 0 Å². The van der Waals surface area contributed by atoms with Crippen LogP contribution >= 0.6 is 0 Å².